The highest BCUT2D eigenvalue weighted by Crippen LogP contribution is 2.23. The van der Waals surface area contributed by atoms with Crippen molar-refractivity contribution in [3.63, 3.8) is 0 Å². The predicted octanol–water partition coefficient (Wildman–Crippen LogP) is 3.34. The number of nitrogen functional groups attached to an aromatic ring is 1. The van der Waals surface area contributed by atoms with Crippen LogP contribution in [0.5, 0.6) is 0 Å². The van der Waals surface area contributed by atoms with Gasteiger partial charge in [0.2, 0.25) is 0 Å². The number of hydrogen-bond acceptors (Lipinski definition) is 5. The Labute approximate surface area is 164 Å². The molecule has 0 aromatic heterocycles. The van der Waals surface area contributed by atoms with E-state index in [1.54, 1.807) is 0 Å². The van der Waals surface area contributed by atoms with E-state index in [1.165, 1.54) is 36.6 Å². The van der Waals surface area contributed by atoms with Crippen molar-refractivity contribution in [2.75, 3.05) is 18.8 Å². The average molecular weight is 382 g/mol. The molecule has 1 amide bonds. The number of nitrogens with zero attached hydrogens (tertiary/aromatic N) is 2. The Morgan fingerprint density at radius 2 is 2.04 bits per heavy atom. The van der Waals surface area contributed by atoms with Gasteiger partial charge in [0, 0.05) is 31.3 Å². The van der Waals surface area contributed by atoms with Crippen LogP contribution in [0.3, 0.4) is 0 Å². The van der Waals surface area contributed by atoms with Gasteiger partial charge < -0.3 is 11.1 Å². The third kappa shape index (κ3) is 4.86. The van der Waals surface area contributed by atoms with Crippen LogP contribution in [-0.4, -0.2) is 28.8 Å². The number of nitro benzene ring substituents is 1. The molecule has 0 aliphatic carbocycles. The molecular weight excluding hydrogens is 356 g/mol. The SMILES string of the molecule is CC1CCCN(Cc2ccccc2CNC(=O)c2ccc(N)c([N+](=O)[O-])c2)C1. The largest absolute Gasteiger partial charge is 0.393 e. The first-order chi connectivity index (χ1) is 13.4. The van der Waals surface area contributed by atoms with Crippen molar-refractivity contribution in [2.24, 2.45) is 5.92 Å². The minimum absolute atomic E-state index is 0.0441. The Morgan fingerprint density at radius 3 is 2.75 bits per heavy atom. The third-order valence-corrected chi connectivity index (χ3v) is 5.18. The van der Waals surface area contributed by atoms with Gasteiger partial charge in [0.05, 0.1) is 4.92 Å². The van der Waals surface area contributed by atoms with Crippen molar-refractivity contribution >= 4 is 17.3 Å². The number of hydrogen-bond donors (Lipinski definition) is 2. The molecule has 1 aliphatic rings. The van der Waals surface area contributed by atoms with E-state index < -0.39 is 4.92 Å². The number of benzene rings is 2. The summed E-state index contributed by atoms with van der Waals surface area (Å²) >= 11 is 0. The molecule has 28 heavy (non-hydrogen) atoms. The van der Waals surface area contributed by atoms with E-state index in [2.05, 4.69) is 23.2 Å². The molecule has 1 fully saturated rings. The molecule has 7 nitrogen and oxygen atoms in total. The number of carbonyl (C=O) groups is 1. The summed E-state index contributed by atoms with van der Waals surface area (Å²) in [6.07, 6.45) is 2.50. The van der Waals surface area contributed by atoms with Gasteiger partial charge in [-0.3, -0.25) is 19.8 Å². The van der Waals surface area contributed by atoms with E-state index >= 15 is 0 Å². The maximum atomic E-state index is 12.5. The van der Waals surface area contributed by atoms with Crippen molar-refractivity contribution in [3.05, 3.63) is 69.3 Å². The normalized spacial score (nSPS) is 17.2. The van der Waals surface area contributed by atoms with E-state index in [9.17, 15) is 14.9 Å². The van der Waals surface area contributed by atoms with Gasteiger partial charge >= 0.3 is 0 Å². The highest BCUT2D eigenvalue weighted by Gasteiger charge is 2.18. The van der Waals surface area contributed by atoms with Crippen LogP contribution in [0.2, 0.25) is 0 Å². The molecule has 1 atom stereocenters. The summed E-state index contributed by atoms with van der Waals surface area (Å²) < 4.78 is 0. The molecule has 3 N–H and O–H groups in total. The van der Waals surface area contributed by atoms with Crippen molar-refractivity contribution in [1.29, 1.82) is 0 Å². The van der Waals surface area contributed by atoms with Crippen LogP contribution >= 0.6 is 0 Å². The fraction of sp³-hybridized carbons (Fsp3) is 0.381. The zero-order valence-corrected chi connectivity index (χ0v) is 16.1. The van der Waals surface area contributed by atoms with Gasteiger partial charge in [-0.1, -0.05) is 31.2 Å². The number of rotatable bonds is 6. The molecule has 148 valence electrons. The van der Waals surface area contributed by atoms with Gasteiger partial charge in [-0.25, -0.2) is 0 Å². The van der Waals surface area contributed by atoms with Gasteiger partial charge in [-0.05, 0) is 48.6 Å². The number of anilines is 1. The number of carbonyl (C=O) groups excluding carboxylic acids is 1. The van der Waals surface area contributed by atoms with Crippen molar-refractivity contribution < 1.29 is 9.72 Å². The first kappa shape index (κ1) is 19.8. The number of piperidine rings is 1. The fourth-order valence-electron chi connectivity index (χ4n) is 3.68. The maximum Gasteiger partial charge on any atom is 0.292 e. The first-order valence-electron chi connectivity index (χ1n) is 9.55. The zero-order valence-electron chi connectivity index (χ0n) is 16.1. The lowest BCUT2D eigenvalue weighted by molar-refractivity contribution is -0.383. The molecule has 0 radical (unpaired) electrons. The topological polar surface area (TPSA) is 102 Å². The highest BCUT2D eigenvalue weighted by molar-refractivity contribution is 5.95. The summed E-state index contributed by atoms with van der Waals surface area (Å²) in [4.78, 5) is 25.4. The van der Waals surface area contributed by atoms with Crippen LogP contribution < -0.4 is 11.1 Å². The first-order valence-corrected chi connectivity index (χ1v) is 9.55. The van der Waals surface area contributed by atoms with Crippen molar-refractivity contribution in [3.8, 4) is 0 Å². The number of nitrogens with one attached hydrogen (secondary N) is 1. The quantitative estimate of drug-likeness (QED) is 0.453. The molecule has 1 heterocycles. The number of nitrogens with two attached hydrogens (primary N) is 1. The molecule has 0 saturated carbocycles. The average Bonchev–Trinajstić information content (AvgIpc) is 2.67. The smallest absolute Gasteiger partial charge is 0.292 e. The van der Waals surface area contributed by atoms with Gasteiger partial charge in [-0.2, -0.15) is 0 Å². The van der Waals surface area contributed by atoms with Gasteiger partial charge in [-0.15, -0.1) is 0 Å². The van der Waals surface area contributed by atoms with E-state index in [0.29, 0.717) is 12.5 Å². The Kier molecular flexibility index (Phi) is 6.26. The van der Waals surface area contributed by atoms with E-state index in [0.717, 1.165) is 25.2 Å². The Balaban J connectivity index is 1.67. The van der Waals surface area contributed by atoms with Crippen molar-refractivity contribution in [2.45, 2.75) is 32.9 Å². The summed E-state index contributed by atoms with van der Waals surface area (Å²) in [5, 5.41) is 13.9. The fourth-order valence-corrected chi connectivity index (χ4v) is 3.68. The van der Waals surface area contributed by atoms with Gasteiger partial charge in [0.15, 0.2) is 0 Å². The molecule has 1 unspecified atom stereocenters. The van der Waals surface area contributed by atoms with Gasteiger partial charge in [0.25, 0.3) is 11.6 Å². The summed E-state index contributed by atoms with van der Waals surface area (Å²) in [6, 6.07) is 12.2. The lowest BCUT2D eigenvalue weighted by Gasteiger charge is -2.31. The molecule has 7 heteroatoms. The van der Waals surface area contributed by atoms with E-state index in [1.807, 2.05) is 18.2 Å². The molecule has 1 aliphatic heterocycles. The van der Waals surface area contributed by atoms with Crippen LogP contribution in [0.15, 0.2) is 42.5 Å². The summed E-state index contributed by atoms with van der Waals surface area (Å²) in [5.41, 5.74) is 7.86. The molecule has 0 bridgehead atoms. The van der Waals surface area contributed by atoms with E-state index in [-0.39, 0.29) is 22.8 Å². The maximum absolute atomic E-state index is 12.5. The minimum atomic E-state index is -0.582. The molecule has 1 saturated heterocycles. The minimum Gasteiger partial charge on any atom is -0.393 e. The molecule has 3 rings (SSSR count). The van der Waals surface area contributed by atoms with Gasteiger partial charge in [0.1, 0.15) is 5.69 Å². The third-order valence-electron chi connectivity index (χ3n) is 5.18. The molecule has 0 spiro atoms. The molecule has 2 aromatic rings. The Bertz CT molecular complexity index is 868. The lowest BCUT2D eigenvalue weighted by atomic mass is 9.99. The number of nitro groups is 1. The summed E-state index contributed by atoms with van der Waals surface area (Å²) in [5.74, 6) is 0.353. The van der Waals surface area contributed by atoms with Crippen LogP contribution in [0.1, 0.15) is 41.3 Å². The highest BCUT2D eigenvalue weighted by atomic mass is 16.6. The predicted molar refractivity (Wildman–Crippen MR) is 109 cm³/mol. The van der Waals surface area contributed by atoms with Crippen LogP contribution in [-0.2, 0) is 13.1 Å². The lowest BCUT2D eigenvalue weighted by Crippen LogP contribution is -2.34. The second-order valence-electron chi connectivity index (χ2n) is 7.46. The number of likely N-dealkylation sites (tertiary alicyclic amines) is 1. The van der Waals surface area contributed by atoms with Crippen LogP contribution in [0, 0.1) is 16.0 Å². The summed E-state index contributed by atoms with van der Waals surface area (Å²) in [7, 11) is 0. The van der Waals surface area contributed by atoms with Crippen molar-refractivity contribution in [1.82, 2.24) is 10.2 Å². The van der Waals surface area contributed by atoms with Crippen LogP contribution in [0.25, 0.3) is 0 Å². The van der Waals surface area contributed by atoms with Crippen LogP contribution in [0.4, 0.5) is 11.4 Å². The molecule has 2 aromatic carbocycles. The Morgan fingerprint density at radius 1 is 1.29 bits per heavy atom. The number of amides is 1. The second kappa shape index (κ2) is 8.84. The second-order valence-corrected chi connectivity index (χ2v) is 7.46. The standard InChI is InChI=1S/C21H26N4O3/c1-15-5-4-10-24(13-15)14-18-7-3-2-6-17(18)12-23-21(26)16-8-9-19(22)20(11-16)25(27)28/h2-3,6-9,11,15H,4-5,10,12-14,22H2,1H3,(H,23,26). The zero-order chi connectivity index (χ0) is 20.1. The van der Waals surface area contributed by atoms with E-state index in [4.69, 9.17) is 5.73 Å². The molecular formula is C21H26N4O3. The Hall–Kier alpha value is -2.93. The monoisotopic (exact) mass is 382 g/mol. The summed E-state index contributed by atoms with van der Waals surface area (Å²) in [6.45, 7) is 5.71.